The molecule has 0 radical (unpaired) electrons. The SMILES string of the molecule is O=C(Nc1cc(N2CCCS2(=O)=O)ccc1Cl)c1cc2c(s1)-c1ccccc1CC2. The number of hydrogen-bond donors (Lipinski definition) is 1. The molecule has 2 aliphatic rings. The summed E-state index contributed by atoms with van der Waals surface area (Å²) in [6.07, 6.45) is 2.48. The maximum Gasteiger partial charge on any atom is 0.265 e. The Kier molecular flexibility index (Phi) is 4.84. The number of fused-ring (bicyclic) bond motifs is 3. The Balaban J connectivity index is 1.43. The van der Waals surface area contributed by atoms with Gasteiger partial charge in [0, 0.05) is 11.4 Å². The molecule has 1 amide bonds. The number of carbonyl (C=O) groups excluding carboxylic acids is 1. The molecule has 5 nitrogen and oxygen atoms in total. The normalized spacial score (nSPS) is 16.8. The highest BCUT2D eigenvalue weighted by Gasteiger charge is 2.29. The number of amides is 1. The molecule has 0 atom stereocenters. The summed E-state index contributed by atoms with van der Waals surface area (Å²) in [4.78, 5) is 14.7. The highest BCUT2D eigenvalue weighted by molar-refractivity contribution is 7.93. The second-order valence-corrected chi connectivity index (χ2v) is 11.0. The van der Waals surface area contributed by atoms with Gasteiger partial charge in [0.1, 0.15) is 0 Å². The van der Waals surface area contributed by atoms with Crippen LogP contribution in [0.2, 0.25) is 5.02 Å². The van der Waals surface area contributed by atoms with E-state index in [1.807, 2.05) is 18.2 Å². The second-order valence-electron chi connectivity index (χ2n) is 7.48. The monoisotopic (exact) mass is 458 g/mol. The Morgan fingerprint density at radius 3 is 2.67 bits per heavy atom. The Labute approximate surface area is 184 Å². The molecule has 2 heterocycles. The van der Waals surface area contributed by atoms with Gasteiger partial charge in [-0.1, -0.05) is 35.9 Å². The molecule has 154 valence electrons. The van der Waals surface area contributed by atoms with Gasteiger partial charge in [-0.05, 0) is 60.2 Å². The molecule has 0 bridgehead atoms. The van der Waals surface area contributed by atoms with Gasteiger partial charge in [-0.2, -0.15) is 0 Å². The molecule has 1 saturated heterocycles. The Morgan fingerprint density at radius 1 is 1.07 bits per heavy atom. The first kappa shape index (κ1) is 19.6. The summed E-state index contributed by atoms with van der Waals surface area (Å²) >= 11 is 7.77. The minimum atomic E-state index is -3.30. The number of thiophene rings is 1. The van der Waals surface area contributed by atoms with Crippen molar-refractivity contribution in [3.05, 3.63) is 69.6 Å². The molecular weight excluding hydrogens is 440 g/mol. The summed E-state index contributed by atoms with van der Waals surface area (Å²) in [5, 5.41) is 3.24. The summed E-state index contributed by atoms with van der Waals surface area (Å²) < 4.78 is 25.8. The smallest absolute Gasteiger partial charge is 0.265 e. The van der Waals surface area contributed by atoms with E-state index in [0.29, 0.717) is 34.2 Å². The number of nitrogens with zero attached hydrogens (tertiary/aromatic N) is 1. The van der Waals surface area contributed by atoms with E-state index >= 15 is 0 Å². The van der Waals surface area contributed by atoms with Crippen LogP contribution in [0.5, 0.6) is 0 Å². The lowest BCUT2D eigenvalue weighted by atomic mass is 9.91. The molecule has 3 aromatic rings. The molecule has 8 heteroatoms. The van der Waals surface area contributed by atoms with Gasteiger partial charge in [-0.15, -0.1) is 11.3 Å². The van der Waals surface area contributed by atoms with Crippen LogP contribution in [0.3, 0.4) is 0 Å². The molecule has 0 unspecified atom stereocenters. The van der Waals surface area contributed by atoms with E-state index in [9.17, 15) is 13.2 Å². The summed E-state index contributed by atoms with van der Waals surface area (Å²) in [5.74, 6) is -0.102. The molecule has 1 N–H and O–H groups in total. The van der Waals surface area contributed by atoms with Crippen molar-refractivity contribution in [2.75, 3.05) is 21.9 Å². The summed E-state index contributed by atoms with van der Waals surface area (Å²) in [6.45, 7) is 0.439. The number of halogens is 1. The summed E-state index contributed by atoms with van der Waals surface area (Å²) in [7, 11) is -3.30. The molecule has 5 rings (SSSR count). The zero-order valence-corrected chi connectivity index (χ0v) is 18.4. The van der Waals surface area contributed by atoms with Gasteiger partial charge in [-0.3, -0.25) is 9.10 Å². The van der Waals surface area contributed by atoms with Crippen molar-refractivity contribution in [3.8, 4) is 10.4 Å². The minimum absolute atomic E-state index is 0.138. The van der Waals surface area contributed by atoms with Crippen LogP contribution in [0.15, 0.2) is 48.5 Å². The fourth-order valence-corrected chi connectivity index (χ4v) is 6.95. The molecule has 0 saturated carbocycles. The van der Waals surface area contributed by atoms with Crippen LogP contribution in [0.1, 0.15) is 27.2 Å². The maximum absolute atomic E-state index is 13.0. The third kappa shape index (κ3) is 3.41. The summed E-state index contributed by atoms with van der Waals surface area (Å²) in [6, 6.07) is 15.2. The van der Waals surface area contributed by atoms with Gasteiger partial charge < -0.3 is 5.32 Å². The van der Waals surface area contributed by atoms with E-state index in [2.05, 4.69) is 17.4 Å². The van der Waals surface area contributed by atoms with E-state index in [1.54, 1.807) is 18.2 Å². The highest BCUT2D eigenvalue weighted by atomic mass is 35.5. The standard InChI is InChI=1S/C22H19ClN2O3S2/c23-18-9-8-16(25-10-3-11-30(25,27)28)13-19(18)24-22(26)20-12-15-7-6-14-4-1-2-5-17(14)21(15)29-20/h1-2,4-5,8-9,12-13H,3,6-7,10-11H2,(H,24,26). The first-order chi connectivity index (χ1) is 14.4. The van der Waals surface area contributed by atoms with Crippen LogP contribution in [0.4, 0.5) is 11.4 Å². The number of aryl methyl sites for hydroxylation is 2. The third-order valence-electron chi connectivity index (χ3n) is 5.54. The topological polar surface area (TPSA) is 66.5 Å². The maximum atomic E-state index is 13.0. The van der Waals surface area contributed by atoms with E-state index in [1.165, 1.54) is 32.3 Å². The van der Waals surface area contributed by atoms with Crippen LogP contribution in [-0.2, 0) is 22.9 Å². The minimum Gasteiger partial charge on any atom is -0.320 e. The van der Waals surface area contributed by atoms with E-state index in [0.717, 1.165) is 17.7 Å². The Morgan fingerprint density at radius 2 is 1.87 bits per heavy atom. The van der Waals surface area contributed by atoms with Gasteiger partial charge in [-0.25, -0.2) is 8.42 Å². The fraction of sp³-hybridized carbons (Fsp3) is 0.227. The third-order valence-corrected chi connectivity index (χ3v) is 8.95. The van der Waals surface area contributed by atoms with Crippen LogP contribution in [-0.4, -0.2) is 26.6 Å². The van der Waals surface area contributed by atoms with Gasteiger partial charge in [0.25, 0.3) is 5.91 Å². The number of anilines is 2. The molecule has 1 aromatic heterocycles. The van der Waals surface area contributed by atoms with Crippen LogP contribution in [0, 0.1) is 0 Å². The lowest BCUT2D eigenvalue weighted by Crippen LogP contribution is -2.25. The zero-order valence-electron chi connectivity index (χ0n) is 16.0. The van der Waals surface area contributed by atoms with Crippen molar-refractivity contribution < 1.29 is 13.2 Å². The Bertz CT molecular complexity index is 1270. The first-order valence-electron chi connectivity index (χ1n) is 9.75. The molecule has 1 fully saturated rings. The van der Waals surface area contributed by atoms with Gasteiger partial charge >= 0.3 is 0 Å². The molecule has 1 aliphatic heterocycles. The number of sulfonamides is 1. The highest BCUT2D eigenvalue weighted by Crippen LogP contribution is 2.40. The van der Waals surface area contributed by atoms with E-state index in [-0.39, 0.29) is 11.7 Å². The van der Waals surface area contributed by atoms with Gasteiger partial charge in [0.15, 0.2) is 0 Å². The van der Waals surface area contributed by atoms with Crippen molar-refractivity contribution in [2.45, 2.75) is 19.3 Å². The van der Waals surface area contributed by atoms with Crippen molar-refractivity contribution in [1.29, 1.82) is 0 Å². The summed E-state index contributed by atoms with van der Waals surface area (Å²) in [5.41, 5.74) is 4.62. The number of hydrogen-bond acceptors (Lipinski definition) is 4. The van der Waals surface area contributed by atoms with Gasteiger partial charge in [0.05, 0.1) is 27.0 Å². The van der Waals surface area contributed by atoms with Crippen molar-refractivity contribution in [2.24, 2.45) is 0 Å². The van der Waals surface area contributed by atoms with E-state index < -0.39 is 10.0 Å². The van der Waals surface area contributed by atoms with Crippen LogP contribution < -0.4 is 9.62 Å². The van der Waals surface area contributed by atoms with Crippen molar-refractivity contribution >= 4 is 50.2 Å². The predicted molar refractivity (Wildman–Crippen MR) is 122 cm³/mol. The average molecular weight is 459 g/mol. The zero-order chi connectivity index (χ0) is 20.9. The number of rotatable bonds is 3. The first-order valence-corrected chi connectivity index (χ1v) is 12.5. The number of carbonyl (C=O) groups is 1. The lowest BCUT2D eigenvalue weighted by Gasteiger charge is -2.18. The average Bonchev–Trinajstić information content (AvgIpc) is 3.32. The van der Waals surface area contributed by atoms with Crippen molar-refractivity contribution in [3.63, 3.8) is 0 Å². The Hall–Kier alpha value is -2.35. The fourth-order valence-electron chi connectivity index (χ4n) is 4.06. The van der Waals surface area contributed by atoms with Crippen molar-refractivity contribution in [1.82, 2.24) is 0 Å². The molecular formula is C22H19ClN2O3S2. The second kappa shape index (κ2) is 7.41. The molecule has 1 aliphatic carbocycles. The molecule has 0 spiro atoms. The predicted octanol–water partition coefficient (Wildman–Crippen LogP) is 4.96. The van der Waals surface area contributed by atoms with E-state index in [4.69, 9.17) is 11.6 Å². The van der Waals surface area contributed by atoms with Crippen LogP contribution in [0.25, 0.3) is 10.4 Å². The molecule has 30 heavy (non-hydrogen) atoms. The molecule has 2 aromatic carbocycles. The number of nitrogens with one attached hydrogen (secondary N) is 1. The number of benzene rings is 2. The largest absolute Gasteiger partial charge is 0.320 e. The van der Waals surface area contributed by atoms with Crippen LogP contribution >= 0.6 is 22.9 Å². The lowest BCUT2D eigenvalue weighted by molar-refractivity contribution is 0.103. The van der Waals surface area contributed by atoms with Gasteiger partial charge in [0.2, 0.25) is 10.0 Å². The quantitative estimate of drug-likeness (QED) is 0.603.